The number of ether oxygens (including phenoxy) is 4. The van der Waals surface area contributed by atoms with Crippen LogP contribution in [-0.4, -0.2) is 36.6 Å². The standard InChI is InChI=1S/C26H34N2O4.CH4/c1-15-9-19(31-25(5,6)21-13-29-21)10-16(2)23(15)27-28-24-17(3)11-20(12-18(24)4)32-26(7,8)22-14-30-22;/h9-12,21-22H,13-14H2,1-8H3;1H4. The van der Waals surface area contributed by atoms with Crippen LogP contribution in [0, 0.1) is 27.7 Å². The highest BCUT2D eigenvalue weighted by Crippen LogP contribution is 2.37. The number of benzene rings is 2. The van der Waals surface area contributed by atoms with Crippen LogP contribution in [0.15, 0.2) is 34.5 Å². The predicted octanol–water partition coefficient (Wildman–Crippen LogP) is 7.08. The number of azo groups is 1. The minimum Gasteiger partial charge on any atom is -0.485 e. The van der Waals surface area contributed by atoms with E-state index in [1.54, 1.807) is 0 Å². The fourth-order valence-electron chi connectivity index (χ4n) is 4.00. The summed E-state index contributed by atoms with van der Waals surface area (Å²) in [5.74, 6) is 1.66. The first kappa shape index (κ1) is 25.2. The van der Waals surface area contributed by atoms with Gasteiger partial charge in [0.2, 0.25) is 0 Å². The Balaban J connectivity index is 0.00000306. The van der Waals surface area contributed by atoms with E-state index in [4.69, 9.17) is 18.9 Å². The molecule has 180 valence electrons. The summed E-state index contributed by atoms with van der Waals surface area (Å²) < 4.78 is 23.2. The first-order chi connectivity index (χ1) is 15.0. The third-order valence-electron chi connectivity index (χ3n) is 6.16. The van der Waals surface area contributed by atoms with Crippen LogP contribution in [-0.2, 0) is 9.47 Å². The molecular weight excluding hydrogens is 416 g/mol. The zero-order valence-electron chi connectivity index (χ0n) is 20.4. The van der Waals surface area contributed by atoms with Crippen molar-refractivity contribution in [3.8, 4) is 11.5 Å². The fraction of sp³-hybridized carbons (Fsp3) is 0.556. The van der Waals surface area contributed by atoms with Crippen LogP contribution in [0.1, 0.15) is 57.4 Å². The Bertz CT molecular complexity index is 921. The van der Waals surface area contributed by atoms with E-state index in [2.05, 4.69) is 37.9 Å². The van der Waals surface area contributed by atoms with Crippen molar-refractivity contribution >= 4 is 11.4 Å². The van der Waals surface area contributed by atoms with Gasteiger partial charge in [-0.1, -0.05) is 7.43 Å². The maximum absolute atomic E-state index is 6.20. The number of hydrogen-bond donors (Lipinski definition) is 0. The van der Waals surface area contributed by atoms with Gasteiger partial charge in [0.05, 0.1) is 24.6 Å². The summed E-state index contributed by atoms with van der Waals surface area (Å²) in [6.45, 7) is 17.9. The summed E-state index contributed by atoms with van der Waals surface area (Å²) in [6, 6.07) is 8.07. The van der Waals surface area contributed by atoms with Crippen molar-refractivity contribution in [1.29, 1.82) is 0 Å². The molecule has 0 N–H and O–H groups in total. The Morgan fingerprint density at radius 2 is 0.939 bits per heavy atom. The molecule has 2 aromatic carbocycles. The Morgan fingerprint density at radius 1 is 0.667 bits per heavy atom. The summed E-state index contributed by atoms with van der Waals surface area (Å²) in [5, 5.41) is 9.22. The van der Waals surface area contributed by atoms with Crippen LogP contribution in [0.2, 0.25) is 0 Å². The molecule has 0 bridgehead atoms. The van der Waals surface area contributed by atoms with Gasteiger partial charge >= 0.3 is 0 Å². The van der Waals surface area contributed by atoms with Gasteiger partial charge in [-0.2, -0.15) is 0 Å². The summed E-state index contributed by atoms with van der Waals surface area (Å²) in [7, 11) is 0. The number of rotatable bonds is 8. The molecule has 0 radical (unpaired) electrons. The average Bonchev–Trinajstić information content (AvgIpc) is 3.54. The molecule has 2 saturated heterocycles. The lowest BCUT2D eigenvalue weighted by molar-refractivity contribution is 0.0741. The van der Waals surface area contributed by atoms with Gasteiger partial charge in [0.25, 0.3) is 0 Å². The minimum absolute atomic E-state index is 0. The summed E-state index contributed by atoms with van der Waals surface area (Å²) in [5.41, 5.74) is 5.14. The molecule has 2 aliphatic rings. The van der Waals surface area contributed by atoms with Crippen LogP contribution in [0.4, 0.5) is 11.4 Å². The van der Waals surface area contributed by atoms with Crippen molar-refractivity contribution in [2.75, 3.05) is 13.2 Å². The summed E-state index contributed by atoms with van der Waals surface area (Å²) in [6.07, 6.45) is 0.311. The molecule has 2 aromatic rings. The first-order valence-electron chi connectivity index (χ1n) is 11.2. The van der Waals surface area contributed by atoms with Crippen LogP contribution < -0.4 is 9.47 Å². The van der Waals surface area contributed by atoms with Gasteiger partial charge in [0, 0.05) is 0 Å². The monoisotopic (exact) mass is 454 g/mol. The molecule has 0 amide bonds. The van der Waals surface area contributed by atoms with Gasteiger partial charge in [0.15, 0.2) is 0 Å². The molecule has 0 spiro atoms. The quantitative estimate of drug-likeness (QED) is 0.315. The Hall–Kier alpha value is -2.44. The van der Waals surface area contributed by atoms with Crippen molar-refractivity contribution in [3.63, 3.8) is 0 Å². The number of nitrogens with zero attached hydrogens (tertiary/aromatic N) is 2. The van der Waals surface area contributed by atoms with E-state index < -0.39 is 0 Å². The number of aryl methyl sites for hydroxylation is 4. The molecule has 6 nitrogen and oxygen atoms in total. The Labute approximate surface area is 198 Å². The summed E-state index contributed by atoms with van der Waals surface area (Å²) in [4.78, 5) is 0. The van der Waals surface area contributed by atoms with Crippen molar-refractivity contribution in [2.45, 2.75) is 86.2 Å². The molecule has 4 rings (SSSR count). The topological polar surface area (TPSA) is 68.2 Å². The minimum atomic E-state index is -0.347. The maximum atomic E-state index is 6.20. The molecule has 2 fully saturated rings. The second-order valence-corrected chi connectivity index (χ2v) is 10.1. The highest BCUT2D eigenvalue weighted by atomic mass is 16.6. The maximum Gasteiger partial charge on any atom is 0.132 e. The number of hydrogen-bond acceptors (Lipinski definition) is 6. The second-order valence-electron chi connectivity index (χ2n) is 10.1. The zero-order valence-corrected chi connectivity index (χ0v) is 20.4. The lowest BCUT2D eigenvalue weighted by Crippen LogP contribution is -2.34. The van der Waals surface area contributed by atoms with E-state index in [-0.39, 0.29) is 30.8 Å². The van der Waals surface area contributed by atoms with Crippen LogP contribution in [0.5, 0.6) is 11.5 Å². The Kier molecular flexibility index (Phi) is 6.92. The molecule has 2 aliphatic heterocycles. The predicted molar refractivity (Wildman–Crippen MR) is 132 cm³/mol. The highest BCUT2D eigenvalue weighted by molar-refractivity contribution is 5.58. The van der Waals surface area contributed by atoms with Crippen LogP contribution >= 0.6 is 0 Å². The zero-order chi connectivity index (χ0) is 23.3. The van der Waals surface area contributed by atoms with Crippen molar-refractivity contribution in [3.05, 3.63) is 46.5 Å². The molecule has 0 saturated carbocycles. The van der Waals surface area contributed by atoms with Gasteiger partial charge in [-0.05, 0) is 102 Å². The Morgan fingerprint density at radius 3 is 1.18 bits per heavy atom. The second kappa shape index (κ2) is 9.07. The smallest absolute Gasteiger partial charge is 0.132 e. The third kappa shape index (κ3) is 5.74. The SMILES string of the molecule is C.Cc1cc(OC(C)(C)C2CO2)cc(C)c1N=Nc1c(C)cc(OC(C)(C)C2CO2)cc1C. The van der Waals surface area contributed by atoms with Gasteiger partial charge in [-0.15, -0.1) is 10.2 Å². The van der Waals surface area contributed by atoms with E-state index in [9.17, 15) is 0 Å². The van der Waals surface area contributed by atoms with Crippen molar-refractivity contribution in [2.24, 2.45) is 10.2 Å². The highest BCUT2D eigenvalue weighted by Gasteiger charge is 2.42. The lowest BCUT2D eigenvalue weighted by Gasteiger charge is -2.25. The largest absolute Gasteiger partial charge is 0.485 e. The average molecular weight is 455 g/mol. The fourth-order valence-corrected chi connectivity index (χ4v) is 4.00. The van der Waals surface area contributed by atoms with E-state index >= 15 is 0 Å². The molecule has 2 heterocycles. The van der Waals surface area contributed by atoms with E-state index in [0.717, 1.165) is 58.3 Å². The molecule has 0 aromatic heterocycles. The number of epoxide rings is 2. The lowest BCUT2D eigenvalue weighted by atomic mass is 10.0. The molecule has 0 aliphatic carbocycles. The van der Waals surface area contributed by atoms with Gasteiger partial charge < -0.3 is 18.9 Å². The molecule has 33 heavy (non-hydrogen) atoms. The van der Waals surface area contributed by atoms with Gasteiger partial charge in [-0.3, -0.25) is 0 Å². The van der Waals surface area contributed by atoms with E-state index in [1.807, 2.05) is 52.0 Å². The normalized spacial score (nSPS) is 19.9. The van der Waals surface area contributed by atoms with Crippen molar-refractivity contribution < 1.29 is 18.9 Å². The van der Waals surface area contributed by atoms with Crippen LogP contribution in [0.25, 0.3) is 0 Å². The molecule has 2 atom stereocenters. The van der Waals surface area contributed by atoms with E-state index in [1.165, 1.54) is 0 Å². The first-order valence-corrected chi connectivity index (χ1v) is 11.2. The molecular formula is C27H38N2O4. The molecule has 2 unspecified atom stereocenters. The van der Waals surface area contributed by atoms with Crippen molar-refractivity contribution in [1.82, 2.24) is 0 Å². The molecule has 6 heteroatoms. The van der Waals surface area contributed by atoms with Gasteiger partial charge in [0.1, 0.15) is 34.9 Å². The van der Waals surface area contributed by atoms with Gasteiger partial charge in [-0.25, -0.2) is 0 Å². The summed E-state index contributed by atoms with van der Waals surface area (Å²) >= 11 is 0. The van der Waals surface area contributed by atoms with E-state index in [0.29, 0.717) is 0 Å². The van der Waals surface area contributed by atoms with Crippen LogP contribution in [0.3, 0.4) is 0 Å². The third-order valence-corrected chi connectivity index (χ3v) is 6.16.